The smallest absolute Gasteiger partial charge is 0.298 e. The van der Waals surface area contributed by atoms with Crippen LogP contribution in [0.1, 0.15) is 20.8 Å². The van der Waals surface area contributed by atoms with Gasteiger partial charge in [-0.25, -0.2) is 4.79 Å². The van der Waals surface area contributed by atoms with Gasteiger partial charge in [-0.05, 0) is 6.92 Å². The van der Waals surface area contributed by atoms with E-state index in [2.05, 4.69) is 15.9 Å². The Kier molecular flexibility index (Phi) is 4.03. The summed E-state index contributed by atoms with van der Waals surface area (Å²) >= 11 is 3.16. The van der Waals surface area contributed by atoms with Crippen molar-refractivity contribution in [3.8, 4) is 0 Å². The minimum Gasteiger partial charge on any atom is -0.298 e. The number of rotatable bonds is 2. The molecule has 1 rings (SSSR count). The van der Waals surface area contributed by atoms with E-state index < -0.39 is 29.9 Å². The molecule has 0 aromatic heterocycles. The molecule has 1 aliphatic heterocycles. The molecule has 0 aliphatic carbocycles. The van der Waals surface area contributed by atoms with E-state index >= 15 is 0 Å². The molecule has 6 nitrogen and oxygen atoms in total. The van der Waals surface area contributed by atoms with Gasteiger partial charge in [-0.3, -0.25) is 24.2 Å². The molecule has 0 aromatic carbocycles. The maximum Gasteiger partial charge on any atom is 0.334 e. The van der Waals surface area contributed by atoms with Gasteiger partial charge in [-0.1, -0.05) is 15.9 Å². The van der Waals surface area contributed by atoms with E-state index in [4.69, 9.17) is 0 Å². The van der Waals surface area contributed by atoms with Crippen LogP contribution in [0.5, 0.6) is 0 Å². The number of carbonyl (C=O) groups is 4. The Hall–Kier alpha value is -1.24. The summed E-state index contributed by atoms with van der Waals surface area (Å²) in [7, 11) is 0. The largest absolute Gasteiger partial charge is 0.334 e. The molecule has 1 heterocycles. The third-order valence-corrected chi connectivity index (χ3v) is 3.30. The first-order chi connectivity index (χ1) is 7.82. The summed E-state index contributed by atoms with van der Waals surface area (Å²) in [5.74, 6) is -1.33. The Bertz CT molecular complexity index is 396. The highest BCUT2D eigenvalue weighted by Gasteiger charge is 2.51. The molecule has 4 amide bonds. The molecule has 0 spiro atoms. The Balaban J connectivity index is 3.25. The molecule has 0 N–H and O–H groups in total. The number of urea groups is 1. The van der Waals surface area contributed by atoms with Crippen LogP contribution in [0, 0.1) is 0 Å². The van der Waals surface area contributed by atoms with Crippen LogP contribution >= 0.6 is 15.9 Å². The van der Waals surface area contributed by atoms with Crippen LogP contribution in [0.4, 0.5) is 4.79 Å². The lowest BCUT2D eigenvalue weighted by Gasteiger charge is -2.21. The Morgan fingerprint density at radius 3 is 1.88 bits per heavy atom. The number of ketones is 1. The van der Waals surface area contributed by atoms with Gasteiger partial charge in [-0.15, -0.1) is 0 Å². The lowest BCUT2D eigenvalue weighted by molar-refractivity contribution is -0.133. The number of imide groups is 2. The summed E-state index contributed by atoms with van der Waals surface area (Å²) < 4.78 is 0. The van der Waals surface area contributed by atoms with Crippen molar-refractivity contribution in [1.29, 1.82) is 0 Å². The molecule has 1 fully saturated rings. The van der Waals surface area contributed by atoms with E-state index in [1.807, 2.05) is 0 Å². The van der Waals surface area contributed by atoms with Crippen molar-refractivity contribution >= 4 is 39.6 Å². The van der Waals surface area contributed by atoms with Crippen molar-refractivity contribution in [3.63, 3.8) is 0 Å². The van der Waals surface area contributed by atoms with E-state index in [-0.39, 0.29) is 11.1 Å². The van der Waals surface area contributed by atoms with Crippen LogP contribution in [0.3, 0.4) is 0 Å². The first kappa shape index (κ1) is 13.8. The lowest BCUT2D eigenvalue weighted by atomic mass is 10.1. The predicted octanol–water partition coefficient (Wildman–Crippen LogP) is 0.538. The number of hydrogen-bond donors (Lipinski definition) is 0. The van der Waals surface area contributed by atoms with Crippen LogP contribution in [-0.2, 0) is 14.4 Å². The monoisotopic (exact) mass is 304 g/mol. The third-order valence-electron chi connectivity index (χ3n) is 2.64. The van der Waals surface area contributed by atoms with Crippen LogP contribution in [0.25, 0.3) is 0 Å². The second-order valence-corrected chi connectivity index (χ2v) is 4.49. The molecule has 0 bridgehead atoms. The molecule has 2 unspecified atom stereocenters. The summed E-state index contributed by atoms with van der Waals surface area (Å²) in [5, 5.41) is 0.256. The molecule has 0 saturated carbocycles. The number of halogens is 1. The molecule has 2 atom stereocenters. The van der Waals surface area contributed by atoms with Gasteiger partial charge in [0.2, 0.25) is 11.8 Å². The summed E-state index contributed by atoms with van der Waals surface area (Å²) in [5.41, 5.74) is 0. The summed E-state index contributed by atoms with van der Waals surface area (Å²) in [4.78, 5) is 48.0. The highest BCUT2D eigenvalue weighted by atomic mass is 79.9. The van der Waals surface area contributed by atoms with Crippen molar-refractivity contribution in [3.05, 3.63) is 0 Å². The summed E-state index contributed by atoms with van der Waals surface area (Å²) in [6.45, 7) is 3.73. The van der Waals surface area contributed by atoms with Crippen LogP contribution in [0.2, 0.25) is 0 Å². The van der Waals surface area contributed by atoms with Crippen LogP contribution in [0.15, 0.2) is 0 Å². The van der Waals surface area contributed by atoms with Crippen molar-refractivity contribution in [1.82, 2.24) is 9.80 Å². The zero-order valence-electron chi connectivity index (χ0n) is 9.77. The molecule has 0 radical (unpaired) electrons. The normalized spacial score (nSPS) is 24.1. The molecule has 1 saturated heterocycles. The lowest BCUT2D eigenvalue weighted by Crippen LogP contribution is -2.45. The van der Waals surface area contributed by atoms with Crippen molar-refractivity contribution in [2.75, 3.05) is 5.33 Å². The molecule has 7 heteroatoms. The van der Waals surface area contributed by atoms with Crippen molar-refractivity contribution in [2.24, 2.45) is 0 Å². The fourth-order valence-corrected chi connectivity index (χ4v) is 2.64. The molecule has 0 aromatic rings. The Labute approximate surface area is 107 Å². The van der Waals surface area contributed by atoms with E-state index in [1.54, 1.807) is 0 Å². The van der Waals surface area contributed by atoms with E-state index in [0.29, 0.717) is 0 Å². The Morgan fingerprint density at radius 2 is 1.59 bits per heavy atom. The van der Waals surface area contributed by atoms with Gasteiger partial charge in [0, 0.05) is 19.2 Å². The maximum absolute atomic E-state index is 11.9. The average Bonchev–Trinajstić information content (AvgIpc) is 2.50. The SMILES string of the molecule is CC(=O)C1C(CBr)N(C(C)=O)C(=O)N1C(C)=O. The molecular formula is C10H13BrN2O4. The summed E-state index contributed by atoms with van der Waals surface area (Å²) in [6.07, 6.45) is 0. The van der Waals surface area contributed by atoms with Gasteiger partial charge in [0.05, 0.1) is 6.04 Å². The number of nitrogens with zero attached hydrogens (tertiary/aromatic N) is 2. The molecule has 94 valence electrons. The van der Waals surface area contributed by atoms with Gasteiger partial charge >= 0.3 is 6.03 Å². The van der Waals surface area contributed by atoms with E-state index in [0.717, 1.165) is 9.80 Å². The minimum absolute atomic E-state index is 0.256. The number of carbonyl (C=O) groups excluding carboxylic acids is 4. The quantitative estimate of drug-likeness (QED) is 0.698. The highest BCUT2D eigenvalue weighted by molar-refractivity contribution is 9.09. The third kappa shape index (κ3) is 2.24. The molecule has 1 aliphatic rings. The first-order valence-electron chi connectivity index (χ1n) is 5.02. The number of amides is 4. The van der Waals surface area contributed by atoms with Crippen molar-refractivity contribution < 1.29 is 19.2 Å². The predicted molar refractivity (Wildman–Crippen MR) is 62.5 cm³/mol. The van der Waals surface area contributed by atoms with Gasteiger partial charge in [0.15, 0.2) is 5.78 Å². The van der Waals surface area contributed by atoms with Crippen LogP contribution in [-0.4, -0.2) is 50.8 Å². The van der Waals surface area contributed by atoms with Gasteiger partial charge in [0.1, 0.15) is 6.04 Å². The van der Waals surface area contributed by atoms with E-state index in [9.17, 15) is 19.2 Å². The van der Waals surface area contributed by atoms with Gasteiger partial charge in [0.25, 0.3) is 0 Å². The second-order valence-electron chi connectivity index (χ2n) is 3.84. The second kappa shape index (κ2) is 4.95. The number of hydrogen-bond acceptors (Lipinski definition) is 4. The number of alkyl halides is 1. The van der Waals surface area contributed by atoms with Crippen LogP contribution < -0.4 is 0 Å². The standard InChI is InChI=1S/C10H13BrN2O4/c1-5(14)9-8(4-11)12(6(2)15)10(17)13(9)7(3)16/h8-9H,4H2,1-3H3. The molecular weight excluding hydrogens is 292 g/mol. The molecule has 17 heavy (non-hydrogen) atoms. The first-order valence-corrected chi connectivity index (χ1v) is 6.15. The maximum atomic E-state index is 11.9. The zero-order chi connectivity index (χ0) is 13.3. The van der Waals surface area contributed by atoms with E-state index in [1.165, 1.54) is 20.8 Å². The Morgan fingerprint density at radius 1 is 1.12 bits per heavy atom. The fourth-order valence-electron chi connectivity index (χ4n) is 2.00. The van der Waals surface area contributed by atoms with Crippen molar-refractivity contribution in [2.45, 2.75) is 32.9 Å². The number of Topliss-reactive ketones (excluding diaryl/α,β-unsaturated/α-hetero) is 1. The van der Waals surface area contributed by atoms with Gasteiger partial charge < -0.3 is 0 Å². The zero-order valence-corrected chi connectivity index (χ0v) is 11.4. The fraction of sp³-hybridized carbons (Fsp3) is 0.600. The summed E-state index contributed by atoms with van der Waals surface area (Å²) in [6, 6.07) is -2.26. The minimum atomic E-state index is -0.900. The average molecular weight is 305 g/mol. The highest BCUT2D eigenvalue weighted by Crippen LogP contribution is 2.25. The van der Waals surface area contributed by atoms with Gasteiger partial charge in [-0.2, -0.15) is 0 Å². The topological polar surface area (TPSA) is 74.8 Å².